The third kappa shape index (κ3) is 7.69. The summed E-state index contributed by atoms with van der Waals surface area (Å²) in [5.41, 5.74) is 5.90. The number of anilines is 2. The maximum Gasteiger partial charge on any atom is 0.329 e. The number of hydrogen-bond donors (Lipinski definition) is 3. The first kappa shape index (κ1) is 26.0. The molecule has 0 atom stereocenters. The van der Waals surface area contributed by atoms with Crippen LogP contribution in [-0.2, 0) is 14.4 Å². The summed E-state index contributed by atoms with van der Waals surface area (Å²) in [6.07, 6.45) is 1.37. The smallest absolute Gasteiger partial charge is 0.329 e. The molecule has 0 radical (unpaired) electrons. The van der Waals surface area contributed by atoms with Crippen LogP contribution >= 0.6 is 0 Å². The third-order valence-electron chi connectivity index (χ3n) is 4.91. The van der Waals surface area contributed by atoms with Gasteiger partial charge < -0.3 is 20.1 Å². The maximum absolute atomic E-state index is 12.3. The molecular weight excluding hydrogens is 460 g/mol. The van der Waals surface area contributed by atoms with Crippen molar-refractivity contribution in [1.82, 2.24) is 5.43 Å². The molecule has 186 valence electrons. The number of rotatable bonds is 9. The molecule has 0 bridgehead atoms. The summed E-state index contributed by atoms with van der Waals surface area (Å²) < 4.78 is 11.3. The fourth-order valence-corrected chi connectivity index (χ4v) is 3.16. The number of amides is 3. The first-order valence-electron chi connectivity index (χ1n) is 11.3. The zero-order chi connectivity index (χ0) is 25.9. The van der Waals surface area contributed by atoms with E-state index in [9.17, 15) is 14.4 Å². The summed E-state index contributed by atoms with van der Waals surface area (Å²) in [6.45, 7) is 5.76. The molecule has 0 unspecified atom stereocenters. The summed E-state index contributed by atoms with van der Waals surface area (Å²) in [4.78, 5) is 36.4. The van der Waals surface area contributed by atoms with Crippen LogP contribution in [0.15, 0.2) is 71.8 Å². The summed E-state index contributed by atoms with van der Waals surface area (Å²) in [5, 5.41) is 9.16. The number of nitrogens with one attached hydrogen (secondary N) is 3. The topological polar surface area (TPSA) is 118 Å². The van der Waals surface area contributed by atoms with Gasteiger partial charge >= 0.3 is 11.8 Å². The molecule has 0 saturated carbocycles. The van der Waals surface area contributed by atoms with Crippen molar-refractivity contribution in [2.24, 2.45) is 5.10 Å². The molecule has 0 aliphatic heterocycles. The average Bonchev–Trinajstić information content (AvgIpc) is 2.85. The van der Waals surface area contributed by atoms with Gasteiger partial charge in [0.05, 0.1) is 12.8 Å². The standard InChI is InChI=1S/C27H28N4O5/c1-4-35-24-15-20(16-28-31-27(34)26(33)30-22-11-6-5-9-19(22)3)12-13-23(24)36-17-25(32)29-21-10-7-8-18(2)14-21/h5-16H,4,17H2,1-3H3,(H,29,32)(H,30,33)(H,31,34)/b28-16-. The molecule has 0 fully saturated rings. The molecule has 3 aromatic rings. The first-order chi connectivity index (χ1) is 17.4. The number of ether oxygens (including phenoxy) is 2. The second kappa shape index (κ2) is 12.7. The van der Waals surface area contributed by atoms with Gasteiger partial charge in [0, 0.05) is 11.4 Å². The second-order valence-electron chi connectivity index (χ2n) is 7.81. The first-order valence-corrected chi connectivity index (χ1v) is 11.3. The Balaban J connectivity index is 1.56. The van der Waals surface area contributed by atoms with Gasteiger partial charge in [-0.3, -0.25) is 14.4 Å². The lowest BCUT2D eigenvalue weighted by atomic mass is 10.2. The fraction of sp³-hybridized carbons (Fsp3) is 0.185. The molecule has 3 amide bonds. The van der Waals surface area contributed by atoms with Crippen LogP contribution in [0.5, 0.6) is 11.5 Å². The highest BCUT2D eigenvalue weighted by molar-refractivity contribution is 6.39. The van der Waals surface area contributed by atoms with E-state index >= 15 is 0 Å². The molecule has 9 heteroatoms. The molecule has 0 aliphatic rings. The van der Waals surface area contributed by atoms with E-state index in [4.69, 9.17) is 9.47 Å². The van der Waals surface area contributed by atoms with Gasteiger partial charge in [-0.15, -0.1) is 0 Å². The number of hydrazone groups is 1. The van der Waals surface area contributed by atoms with Crippen LogP contribution in [-0.4, -0.2) is 37.1 Å². The van der Waals surface area contributed by atoms with Crippen LogP contribution in [0.2, 0.25) is 0 Å². The molecule has 0 aliphatic carbocycles. The summed E-state index contributed by atoms with van der Waals surface area (Å²) in [6, 6.07) is 19.6. The molecule has 3 rings (SSSR count). The summed E-state index contributed by atoms with van der Waals surface area (Å²) in [5.74, 6) is -1.24. The van der Waals surface area contributed by atoms with Gasteiger partial charge in [0.25, 0.3) is 5.91 Å². The third-order valence-corrected chi connectivity index (χ3v) is 4.91. The van der Waals surface area contributed by atoms with E-state index in [1.165, 1.54) is 6.21 Å². The highest BCUT2D eigenvalue weighted by Crippen LogP contribution is 2.28. The van der Waals surface area contributed by atoms with Crippen molar-refractivity contribution in [1.29, 1.82) is 0 Å². The molecule has 0 spiro atoms. The average molecular weight is 489 g/mol. The Morgan fingerprint density at radius 2 is 1.67 bits per heavy atom. The van der Waals surface area contributed by atoms with Crippen LogP contribution in [0.25, 0.3) is 0 Å². The number of benzene rings is 3. The van der Waals surface area contributed by atoms with Crippen molar-refractivity contribution in [3.05, 3.63) is 83.4 Å². The largest absolute Gasteiger partial charge is 0.490 e. The van der Waals surface area contributed by atoms with Gasteiger partial charge in [-0.2, -0.15) is 5.10 Å². The molecule has 0 heterocycles. The van der Waals surface area contributed by atoms with Crippen molar-refractivity contribution in [2.75, 3.05) is 23.8 Å². The van der Waals surface area contributed by atoms with Crippen LogP contribution in [0.4, 0.5) is 11.4 Å². The Morgan fingerprint density at radius 1 is 0.861 bits per heavy atom. The lowest BCUT2D eigenvalue weighted by Crippen LogP contribution is -2.32. The van der Waals surface area contributed by atoms with Gasteiger partial charge in [-0.05, 0) is 73.9 Å². The lowest BCUT2D eigenvalue weighted by Gasteiger charge is -2.13. The Kier molecular flexibility index (Phi) is 9.16. The van der Waals surface area contributed by atoms with Crippen molar-refractivity contribution >= 4 is 35.3 Å². The van der Waals surface area contributed by atoms with Crippen LogP contribution in [0, 0.1) is 13.8 Å². The van der Waals surface area contributed by atoms with Crippen molar-refractivity contribution in [2.45, 2.75) is 20.8 Å². The minimum atomic E-state index is -0.904. The summed E-state index contributed by atoms with van der Waals surface area (Å²) in [7, 11) is 0. The summed E-state index contributed by atoms with van der Waals surface area (Å²) >= 11 is 0. The van der Waals surface area contributed by atoms with Gasteiger partial charge in [-0.1, -0.05) is 30.3 Å². The molecule has 3 N–H and O–H groups in total. The van der Waals surface area contributed by atoms with Gasteiger partial charge in [-0.25, -0.2) is 5.43 Å². The number of carbonyl (C=O) groups is 3. The van der Waals surface area contributed by atoms with Crippen LogP contribution < -0.4 is 25.5 Å². The molecule has 36 heavy (non-hydrogen) atoms. The number of para-hydroxylation sites is 1. The molecular formula is C27H28N4O5. The van der Waals surface area contributed by atoms with Gasteiger partial charge in [0.2, 0.25) is 0 Å². The SMILES string of the molecule is CCOc1cc(/C=N\NC(=O)C(=O)Nc2ccccc2C)ccc1OCC(=O)Nc1cccc(C)c1. The van der Waals surface area contributed by atoms with E-state index < -0.39 is 11.8 Å². The second-order valence-corrected chi connectivity index (χ2v) is 7.81. The van der Waals surface area contributed by atoms with Crippen molar-refractivity contribution < 1.29 is 23.9 Å². The number of carbonyl (C=O) groups excluding carboxylic acids is 3. The van der Waals surface area contributed by atoms with E-state index in [1.807, 2.05) is 51.1 Å². The minimum Gasteiger partial charge on any atom is -0.490 e. The van der Waals surface area contributed by atoms with E-state index in [0.29, 0.717) is 35.0 Å². The van der Waals surface area contributed by atoms with Crippen molar-refractivity contribution in [3.63, 3.8) is 0 Å². The van der Waals surface area contributed by atoms with Gasteiger partial charge in [0.1, 0.15) is 0 Å². The zero-order valence-electron chi connectivity index (χ0n) is 20.3. The normalized spacial score (nSPS) is 10.5. The zero-order valence-corrected chi connectivity index (χ0v) is 20.3. The van der Waals surface area contributed by atoms with E-state index in [0.717, 1.165) is 11.1 Å². The predicted octanol–water partition coefficient (Wildman–Crippen LogP) is 3.81. The van der Waals surface area contributed by atoms with Crippen LogP contribution in [0.1, 0.15) is 23.6 Å². The highest BCUT2D eigenvalue weighted by atomic mass is 16.5. The fourth-order valence-electron chi connectivity index (χ4n) is 3.16. The Hall–Kier alpha value is -4.66. The Labute approximate surface area is 209 Å². The number of hydrogen-bond acceptors (Lipinski definition) is 6. The quantitative estimate of drug-likeness (QED) is 0.241. The van der Waals surface area contributed by atoms with E-state index in [-0.39, 0.29) is 12.5 Å². The predicted molar refractivity (Wildman–Crippen MR) is 138 cm³/mol. The monoisotopic (exact) mass is 488 g/mol. The number of nitrogens with zero attached hydrogens (tertiary/aromatic N) is 1. The minimum absolute atomic E-state index is 0.201. The van der Waals surface area contributed by atoms with Crippen molar-refractivity contribution in [3.8, 4) is 11.5 Å². The highest BCUT2D eigenvalue weighted by Gasteiger charge is 2.14. The Morgan fingerprint density at radius 3 is 2.42 bits per heavy atom. The molecule has 9 nitrogen and oxygen atoms in total. The van der Waals surface area contributed by atoms with Crippen LogP contribution in [0.3, 0.4) is 0 Å². The van der Waals surface area contributed by atoms with Gasteiger partial charge in [0.15, 0.2) is 18.1 Å². The number of aryl methyl sites for hydroxylation is 2. The van der Waals surface area contributed by atoms with E-state index in [1.54, 1.807) is 36.4 Å². The lowest BCUT2D eigenvalue weighted by molar-refractivity contribution is -0.136. The van der Waals surface area contributed by atoms with E-state index in [2.05, 4.69) is 21.2 Å². The Bertz CT molecular complexity index is 1270. The molecule has 3 aromatic carbocycles. The molecule has 0 saturated heterocycles. The molecule has 0 aromatic heterocycles. The maximum atomic E-state index is 12.3.